The molecule has 0 aliphatic rings. The van der Waals surface area contributed by atoms with Crippen molar-refractivity contribution < 1.29 is 38.2 Å². The van der Waals surface area contributed by atoms with Gasteiger partial charge in [0.2, 0.25) is 0 Å². The molecule has 0 spiro atoms. The van der Waals surface area contributed by atoms with Gasteiger partial charge in [-0.05, 0) is 89.9 Å². The Balaban J connectivity index is 4.33. The normalized spacial score (nSPS) is 13.7. The smallest absolute Gasteiger partial charge is 0.362 e. The van der Waals surface area contributed by atoms with Crippen LogP contribution in [0.15, 0.2) is 109 Å². The highest BCUT2D eigenvalue weighted by molar-refractivity contribution is 5.72. The molecule has 386 valence electrons. The number of likely N-dealkylation sites (N-methyl/N-ethyl adjacent to an activating group) is 1. The lowest BCUT2D eigenvalue weighted by Gasteiger charge is -2.31. The van der Waals surface area contributed by atoms with Crippen molar-refractivity contribution in [3.63, 3.8) is 0 Å². The molecule has 0 heterocycles. The molecule has 0 aliphatic heterocycles. The minimum atomic E-state index is -0.887. The largest absolute Gasteiger partial charge is 0.477 e. The highest BCUT2D eigenvalue weighted by Crippen LogP contribution is 2.15. The minimum absolute atomic E-state index is 0.0319. The average Bonchev–Trinajstić information content (AvgIpc) is 3.30. The standard InChI is InChI=1S/C60H99NO7/c1-6-8-10-12-14-16-18-20-22-24-26-28-29-31-33-35-37-39-41-43-45-47-49-51-59(63)68-56(54-66-53-52-57(60(64)65)61(3,4)5)55-67-58(62)50-48-46-44-42-40-38-36-34-32-30-27-25-23-21-19-17-15-13-11-9-7-2/h8-11,14-17,20,22,26,28,31,33,37,39,43,45,56-57H,6-7,12-13,18-19,21,23-25,27,29-30,32,34-36,38,40-42,44,46-55H2,1-5H3/p+1/b10-8+,11-9+,16-14+,17-15+,22-20+,28-26+,33-31+,39-37+,45-43+. The average molecular weight is 947 g/mol. The Morgan fingerprint density at radius 1 is 0.441 bits per heavy atom. The van der Waals surface area contributed by atoms with Crippen molar-refractivity contribution in [3.05, 3.63) is 109 Å². The third-order valence-electron chi connectivity index (χ3n) is 11.4. The van der Waals surface area contributed by atoms with Gasteiger partial charge in [-0.2, -0.15) is 0 Å². The molecule has 0 saturated heterocycles. The maximum absolute atomic E-state index is 12.8. The summed E-state index contributed by atoms with van der Waals surface area (Å²) >= 11 is 0. The highest BCUT2D eigenvalue weighted by Gasteiger charge is 2.31. The summed E-state index contributed by atoms with van der Waals surface area (Å²) in [7, 11) is 5.51. The molecule has 0 radical (unpaired) electrons. The van der Waals surface area contributed by atoms with Gasteiger partial charge in [0.1, 0.15) is 6.61 Å². The van der Waals surface area contributed by atoms with Crippen molar-refractivity contribution in [2.24, 2.45) is 0 Å². The van der Waals surface area contributed by atoms with Gasteiger partial charge >= 0.3 is 17.9 Å². The van der Waals surface area contributed by atoms with Crippen LogP contribution >= 0.6 is 0 Å². The number of carbonyl (C=O) groups excluding carboxylic acids is 2. The Labute approximate surface area is 417 Å². The Morgan fingerprint density at radius 2 is 0.794 bits per heavy atom. The zero-order valence-corrected chi connectivity index (χ0v) is 44.0. The van der Waals surface area contributed by atoms with E-state index in [1.807, 2.05) is 21.1 Å². The number of esters is 2. The van der Waals surface area contributed by atoms with E-state index < -0.39 is 18.1 Å². The summed E-state index contributed by atoms with van der Waals surface area (Å²) in [5, 5.41) is 9.67. The number of carbonyl (C=O) groups is 3. The Bertz CT molecular complexity index is 1470. The monoisotopic (exact) mass is 947 g/mol. The Kier molecular flexibility index (Phi) is 46.5. The fourth-order valence-corrected chi connectivity index (χ4v) is 7.35. The van der Waals surface area contributed by atoms with Crippen LogP contribution in [0.1, 0.15) is 200 Å². The molecule has 8 nitrogen and oxygen atoms in total. The van der Waals surface area contributed by atoms with Crippen molar-refractivity contribution >= 4 is 17.9 Å². The predicted octanol–water partition coefficient (Wildman–Crippen LogP) is 16.0. The number of unbranched alkanes of at least 4 members (excludes halogenated alkanes) is 15. The molecule has 0 aliphatic carbocycles. The minimum Gasteiger partial charge on any atom is -0.477 e. The molecule has 2 atom stereocenters. The molecule has 0 aromatic carbocycles. The van der Waals surface area contributed by atoms with Gasteiger partial charge in [0.15, 0.2) is 12.1 Å². The van der Waals surface area contributed by atoms with Crippen LogP contribution in [0.4, 0.5) is 0 Å². The second-order valence-corrected chi connectivity index (χ2v) is 18.7. The molecule has 8 heteroatoms. The van der Waals surface area contributed by atoms with E-state index in [1.54, 1.807) is 0 Å². The highest BCUT2D eigenvalue weighted by atomic mass is 16.6. The summed E-state index contributed by atoms with van der Waals surface area (Å²) < 4.78 is 17.3. The second kappa shape index (κ2) is 49.4. The van der Waals surface area contributed by atoms with Crippen molar-refractivity contribution in [3.8, 4) is 0 Å². The second-order valence-electron chi connectivity index (χ2n) is 18.7. The van der Waals surface area contributed by atoms with Crippen LogP contribution in [0.25, 0.3) is 0 Å². The Hall–Kier alpha value is -4.01. The van der Waals surface area contributed by atoms with E-state index in [1.165, 1.54) is 77.0 Å². The van der Waals surface area contributed by atoms with Crippen LogP contribution in [0.5, 0.6) is 0 Å². The van der Waals surface area contributed by atoms with E-state index in [2.05, 4.69) is 123 Å². The summed E-state index contributed by atoms with van der Waals surface area (Å²) in [6.45, 7) is 4.46. The van der Waals surface area contributed by atoms with Crippen LogP contribution in [-0.2, 0) is 28.6 Å². The summed E-state index contributed by atoms with van der Waals surface area (Å²) in [6.07, 6.45) is 68.7. The maximum atomic E-state index is 12.8. The fourth-order valence-electron chi connectivity index (χ4n) is 7.35. The van der Waals surface area contributed by atoms with E-state index in [4.69, 9.17) is 14.2 Å². The van der Waals surface area contributed by atoms with E-state index in [9.17, 15) is 19.5 Å². The summed E-state index contributed by atoms with van der Waals surface area (Å²) in [5.74, 6) is -1.55. The van der Waals surface area contributed by atoms with Gasteiger partial charge in [-0.3, -0.25) is 9.59 Å². The van der Waals surface area contributed by atoms with Crippen LogP contribution in [-0.4, -0.2) is 80.6 Å². The molecule has 0 amide bonds. The molecule has 0 saturated carbocycles. The van der Waals surface area contributed by atoms with Crippen molar-refractivity contribution in [1.29, 1.82) is 0 Å². The molecule has 0 aromatic rings. The van der Waals surface area contributed by atoms with Crippen molar-refractivity contribution in [1.82, 2.24) is 0 Å². The molecule has 0 rings (SSSR count). The van der Waals surface area contributed by atoms with Gasteiger partial charge in [0, 0.05) is 19.3 Å². The summed E-state index contributed by atoms with van der Waals surface area (Å²) in [6, 6.07) is -0.632. The molecular formula is C60H100NO7+. The van der Waals surface area contributed by atoms with Crippen molar-refractivity contribution in [2.45, 2.75) is 212 Å². The van der Waals surface area contributed by atoms with E-state index in [0.717, 1.165) is 83.5 Å². The molecule has 0 fully saturated rings. The maximum Gasteiger partial charge on any atom is 0.362 e. The number of allylic oxidation sites excluding steroid dienone is 18. The molecule has 0 bridgehead atoms. The summed E-state index contributed by atoms with van der Waals surface area (Å²) in [5.41, 5.74) is 0. The fraction of sp³-hybridized carbons (Fsp3) is 0.650. The lowest BCUT2D eigenvalue weighted by atomic mass is 10.0. The van der Waals surface area contributed by atoms with Gasteiger partial charge in [-0.15, -0.1) is 0 Å². The number of rotatable bonds is 47. The number of hydrogen-bond donors (Lipinski definition) is 1. The Morgan fingerprint density at radius 3 is 1.19 bits per heavy atom. The van der Waals surface area contributed by atoms with Gasteiger partial charge in [0.05, 0.1) is 34.4 Å². The third-order valence-corrected chi connectivity index (χ3v) is 11.4. The molecule has 68 heavy (non-hydrogen) atoms. The number of hydrogen-bond acceptors (Lipinski definition) is 6. The zero-order chi connectivity index (χ0) is 49.9. The number of quaternary nitrogens is 1. The van der Waals surface area contributed by atoms with E-state index >= 15 is 0 Å². The van der Waals surface area contributed by atoms with Gasteiger partial charge < -0.3 is 23.8 Å². The SMILES string of the molecule is CC/C=C/C/C=C/C/C=C/C/C=C/C/C=C/C/C=C/C/C=C/CCCC(=O)OC(COCCC(C(=O)O)[N+](C)(C)C)COC(=O)CCCCCCCCCCCCCCCC/C=C/C/C=C/CC. The van der Waals surface area contributed by atoms with E-state index in [-0.39, 0.29) is 42.7 Å². The van der Waals surface area contributed by atoms with Crippen molar-refractivity contribution in [2.75, 3.05) is 41.0 Å². The zero-order valence-electron chi connectivity index (χ0n) is 44.0. The number of carboxylic acids is 1. The van der Waals surface area contributed by atoms with Crippen LogP contribution in [0, 0.1) is 0 Å². The first-order valence-electron chi connectivity index (χ1n) is 26.9. The molecular weight excluding hydrogens is 847 g/mol. The topological polar surface area (TPSA) is 99.1 Å². The first kappa shape index (κ1) is 64.0. The number of aliphatic carboxylic acids is 1. The lowest BCUT2D eigenvalue weighted by molar-refractivity contribution is -0.887. The molecule has 0 aromatic heterocycles. The molecule has 1 N–H and O–H groups in total. The molecule has 2 unspecified atom stereocenters. The van der Waals surface area contributed by atoms with Crippen LogP contribution in [0.2, 0.25) is 0 Å². The number of nitrogens with zero attached hydrogens (tertiary/aromatic N) is 1. The quantitative estimate of drug-likeness (QED) is 0.0281. The van der Waals surface area contributed by atoms with E-state index in [0.29, 0.717) is 19.3 Å². The first-order chi connectivity index (χ1) is 33.1. The lowest BCUT2D eigenvalue weighted by Crippen LogP contribution is -2.50. The van der Waals surface area contributed by atoms with Gasteiger partial charge in [0.25, 0.3) is 0 Å². The third kappa shape index (κ3) is 47.1. The van der Waals surface area contributed by atoms with Gasteiger partial charge in [-0.25, -0.2) is 4.79 Å². The van der Waals surface area contributed by atoms with Crippen LogP contribution < -0.4 is 0 Å². The number of ether oxygens (including phenoxy) is 3. The summed E-state index contributed by atoms with van der Waals surface area (Å²) in [4.78, 5) is 37.2. The van der Waals surface area contributed by atoms with Crippen LogP contribution in [0.3, 0.4) is 0 Å². The van der Waals surface area contributed by atoms with Gasteiger partial charge in [-0.1, -0.05) is 200 Å². The number of carboxylic acid groups (broad SMARTS) is 1. The first-order valence-corrected chi connectivity index (χ1v) is 26.9. The predicted molar refractivity (Wildman–Crippen MR) is 289 cm³/mol.